The van der Waals surface area contributed by atoms with Gasteiger partial charge < -0.3 is 9.67 Å². The van der Waals surface area contributed by atoms with E-state index >= 15 is 0 Å². The number of aryl methyl sites for hydroxylation is 1. The Bertz CT molecular complexity index is 545. The third kappa shape index (κ3) is 1.93. The van der Waals surface area contributed by atoms with Crippen LogP contribution in [-0.2, 0) is 18.3 Å². The maximum absolute atomic E-state index is 10.7. The van der Waals surface area contributed by atoms with Gasteiger partial charge in [-0.2, -0.15) is 0 Å². The number of hydrogen-bond acceptors (Lipinski definition) is 2. The zero-order chi connectivity index (χ0) is 11.7. The lowest BCUT2D eigenvalue weighted by Crippen LogP contribution is -1.98. The molecule has 16 heavy (non-hydrogen) atoms. The molecule has 1 aromatic carbocycles. The Morgan fingerprint density at radius 3 is 2.88 bits per heavy atom. The molecule has 0 amide bonds. The Labute approximate surface area is 98.1 Å². The first kappa shape index (κ1) is 11.1. The molecule has 1 heterocycles. The van der Waals surface area contributed by atoms with Gasteiger partial charge in [-0.1, -0.05) is 6.07 Å². The van der Waals surface area contributed by atoms with E-state index in [0.717, 1.165) is 16.5 Å². The fourth-order valence-electron chi connectivity index (χ4n) is 1.88. The van der Waals surface area contributed by atoms with Crippen molar-refractivity contribution in [3.8, 4) is 0 Å². The van der Waals surface area contributed by atoms with Crippen LogP contribution in [0.2, 0.25) is 0 Å². The van der Waals surface area contributed by atoms with Crippen LogP contribution in [0.15, 0.2) is 29.3 Å². The van der Waals surface area contributed by atoms with Gasteiger partial charge in [0.2, 0.25) is 0 Å². The molecular weight excluding hydrogens is 222 g/mol. The minimum atomic E-state index is -0.790. The lowest BCUT2D eigenvalue weighted by Gasteiger charge is -1.99. The zero-order valence-electron chi connectivity index (χ0n) is 9.23. The van der Waals surface area contributed by atoms with Crippen LogP contribution in [0.1, 0.15) is 5.56 Å². The molecule has 0 unspecified atom stereocenters. The largest absolute Gasteiger partial charge is 0.481 e. The lowest BCUT2D eigenvalue weighted by molar-refractivity contribution is -0.136. The molecule has 1 aromatic heterocycles. The number of aromatic nitrogens is 1. The summed E-state index contributed by atoms with van der Waals surface area (Å²) in [7, 11) is 1.94. The Morgan fingerprint density at radius 2 is 2.25 bits per heavy atom. The van der Waals surface area contributed by atoms with Crippen molar-refractivity contribution in [2.24, 2.45) is 7.05 Å². The van der Waals surface area contributed by atoms with Crippen molar-refractivity contribution in [3.05, 3.63) is 30.0 Å². The smallest absolute Gasteiger partial charge is 0.307 e. The number of carbonyl (C=O) groups is 1. The molecule has 0 radical (unpaired) electrons. The highest BCUT2D eigenvalue weighted by Crippen LogP contribution is 2.25. The van der Waals surface area contributed by atoms with Crippen LogP contribution in [0, 0.1) is 0 Å². The van der Waals surface area contributed by atoms with Gasteiger partial charge in [0.25, 0.3) is 0 Å². The van der Waals surface area contributed by atoms with Crippen LogP contribution in [0.3, 0.4) is 0 Å². The van der Waals surface area contributed by atoms with E-state index in [1.54, 1.807) is 11.8 Å². The van der Waals surface area contributed by atoms with Crippen LogP contribution in [0.5, 0.6) is 0 Å². The minimum absolute atomic E-state index is 0.0793. The van der Waals surface area contributed by atoms with E-state index in [1.807, 2.05) is 36.2 Å². The molecule has 1 N–H and O–H groups in total. The number of benzene rings is 1. The maximum atomic E-state index is 10.7. The van der Waals surface area contributed by atoms with E-state index < -0.39 is 5.97 Å². The number of carboxylic acids is 1. The molecule has 0 saturated heterocycles. The van der Waals surface area contributed by atoms with Gasteiger partial charge in [0, 0.05) is 29.0 Å². The van der Waals surface area contributed by atoms with Crippen molar-refractivity contribution in [3.63, 3.8) is 0 Å². The summed E-state index contributed by atoms with van der Waals surface area (Å²) >= 11 is 1.69. The first-order chi connectivity index (χ1) is 7.61. The number of carboxylic acid groups (broad SMARTS) is 1. The summed E-state index contributed by atoms with van der Waals surface area (Å²) in [6.07, 6.45) is 4.00. The summed E-state index contributed by atoms with van der Waals surface area (Å²) in [6.45, 7) is 0. The van der Waals surface area contributed by atoms with Gasteiger partial charge in [0.15, 0.2) is 0 Å². The Morgan fingerprint density at radius 1 is 1.50 bits per heavy atom. The highest BCUT2D eigenvalue weighted by molar-refractivity contribution is 7.98. The number of nitrogens with zero attached hydrogens (tertiary/aromatic N) is 1. The molecule has 0 aliphatic rings. The Hall–Kier alpha value is -1.42. The summed E-state index contributed by atoms with van der Waals surface area (Å²) < 4.78 is 1.98. The first-order valence-corrected chi connectivity index (χ1v) is 6.18. The van der Waals surface area contributed by atoms with Crippen LogP contribution < -0.4 is 0 Å². The normalized spacial score (nSPS) is 10.9. The minimum Gasteiger partial charge on any atom is -0.481 e. The molecule has 0 spiro atoms. The average molecular weight is 235 g/mol. The van der Waals surface area contributed by atoms with Crippen molar-refractivity contribution in [2.45, 2.75) is 11.3 Å². The van der Waals surface area contributed by atoms with Crippen LogP contribution in [0.25, 0.3) is 10.9 Å². The summed E-state index contributed by atoms with van der Waals surface area (Å²) in [6, 6.07) is 6.11. The number of aliphatic carboxylic acids is 1. The van der Waals surface area contributed by atoms with E-state index in [1.165, 1.54) is 4.90 Å². The van der Waals surface area contributed by atoms with Crippen molar-refractivity contribution < 1.29 is 9.90 Å². The van der Waals surface area contributed by atoms with Crippen LogP contribution in [0.4, 0.5) is 0 Å². The topological polar surface area (TPSA) is 42.2 Å². The fourth-order valence-corrected chi connectivity index (χ4v) is 2.31. The van der Waals surface area contributed by atoms with Crippen molar-refractivity contribution in [2.75, 3.05) is 6.26 Å². The van der Waals surface area contributed by atoms with E-state index in [9.17, 15) is 4.79 Å². The van der Waals surface area contributed by atoms with Gasteiger partial charge in [0.05, 0.1) is 6.42 Å². The lowest BCUT2D eigenvalue weighted by atomic mass is 10.1. The molecule has 2 aromatic rings. The molecule has 3 nitrogen and oxygen atoms in total. The summed E-state index contributed by atoms with van der Waals surface area (Å²) in [4.78, 5) is 11.9. The molecule has 0 atom stereocenters. The standard InChI is InChI=1S/C12H13NO2S/c1-13-7-8(5-12(14)15)10-4-3-9(16-2)6-11(10)13/h3-4,6-7H,5H2,1-2H3,(H,14,15). The van der Waals surface area contributed by atoms with Crippen molar-refractivity contribution in [1.82, 2.24) is 4.57 Å². The average Bonchev–Trinajstić information content (AvgIpc) is 2.54. The third-order valence-corrected chi connectivity index (χ3v) is 3.35. The first-order valence-electron chi connectivity index (χ1n) is 4.95. The second kappa shape index (κ2) is 4.22. The molecule has 0 aliphatic carbocycles. The van der Waals surface area contributed by atoms with Crippen molar-refractivity contribution >= 4 is 28.6 Å². The number of rotatable bonds is 3. The summed E-state index contributed by atoms with van der Waals surface area (Å²) in [5, 5.41) is 9.85. The second-order valence-electron chi connectivity index (χ2n) is 3.72. The molecule has 4 heteroatoms. The van der Waals surface area contributed by atoms with Gasteiger partial charge in [-0.25, -0.2) is 0 Å². The predicted molar refractivity (Wildman–Crippen MR) is 66.0 cm³/mol. The van der Waals surface area contributed by atoms with Gasteiger partial charge >= 0.3 is 5.97 Å². The number of thioether (sulfide) groups is 1. The van der Waals surface area contributed by atoms with E-state index in [0.29, 0.717) is 0 Å². The molecule has 0 saturated carbocycles. The number of fused-ring (bicyclic) bond motifs is 1. The summed E-state index contributed by atoms with van der Waals surface area (Å²) in [5.74, 6) is -0.790. The van der Waals surface area contributed by atoms with Gasteiger partial charge in [-0.05, 0) is 24.0 Å². The van der Waals surface area contributed by atoms with E-state index in [-0.39, 0.29) is 6.42 Å². The maximum Gasteiger partial charge on any atom is 0.307 e. The van der Waals surface area contributed by atoms with Crippen LogP contribution in [-0.4, -0.2) is 21.9 Å². The van der Waals surface area contributed by atoms with E-state index in [4.69, 9.17) is 5.11 Å². The van der Waals surface area contributed by atoms with Gasteiger partial charge in [0.1, 0.15) is 0 Å². The highest BCUT2D eigenvalue weighted by Gasteiger charge is 2.09. The highest BCUT2D eigenvalue weighted by atomic mass is 32.2. The Balaban J connectivity index is 2.57. The quantitative estimate of drug-likeness (QED) is 0.831. The summed E-state index contributed by atoms with van der Waals surface area (Å²) in [5.41, 5.74) is 1.96. The molecule has 2 rings (SSSR count). The third-order valence-electron chi connectivity index (χ3n) is 2.62. The Kier molecular flexibility index (Phi) is 2.92. The van der Waals surface area contributed by atoms with Gasteiger partial charge in [-0.3, -0.25) is 4.79 Å². The zero-order valence-corrected chi connectivity index (χ0v) is 10.0. The molecular formula is C12H13NO2S. The number of hydrogen-bond donors (Lipinski definition) is 1. The van der Waals surface area contributed by atoms with Crippen molar-refractivity contribution in [1.29, 1.82) is 0 Å². The van der Waals surface area contributed by atoms with Gasteiger partial charge in [-0.15, -0.1) is 11.8 Å². The second-order valence-corrected chi connectivity index (χ2v) is 4.60. The molecule has 0 fully saturated rings. The fraction of sp³-hybridized carbons (Fsp3) is 0.250. The monoisotopic (exact) mass is 235 g/mol. The van der Waals surface area contributed by atoms with Crippen LogP contribution >= 0.6 is 11.8 Å². The van der Waals surface area contributed by atoms with E-state index in [2.05, 4.69) is 6.07 Å². The molecule has 0 aliphatic heterocycles. The predicted octanol–water partition coefficient (Wildman–Crippen LogP) is 2.53. The SMILES string of the molecule is CSc1ccc2c(CC(=O)O)cn(C)c2c1. The molecule has 84 valence electrons. The molecule has 0 bridgehead atoms.